The van der Waals surface area contributed by atoms with Gasteiger partial charge in [-0.2, -0.15) is 0 Å². The van der Waals surface area contributed by atoms with Crippen LogP contribution in [-0.4, -0.2) is 28.5 Å². The van der Waals surface area contributed by atoms with Crippen LogP contribution in [0.2, 0.25) is 0 Å². The quantitative estimate of drug-likeness (QED) is 0.648. The number of anilines is 2. The Bertz CT molecular complexity index is 959. The van der Waals surface area contributed by atoms with Crippen molar-refractivity contribution in [3.05, 3.63) is 57.6 Å². The summed E-state index contributed by atoms with van der Waals surface area (Å²) >= 11 is 1.46. The van der Waals surface area contributed by atoms with Crippen LogP contribution in [0.3, 0.4) is 0 Å². The highest BCUT2D eigenvalue weighted by atomic mass is 32.2. The zero-order valence-electron chi connectivity index (χ0n) is 13.9. The first-order valence-electron chi connectivity index (χ1n) is 8.15. The van der Waals surface area contributed by atoms with Crippen molar-refractivity contribution in [2.24, 2.45) is 0 Å². The molecule has 132 valence electrons. The Morgan fingerprint density at radius 2 is 2.12 bits per heavy atom. The number of rotatable bonds is 2. The topological polar surface area (TPSA) is 92.6 Å². The van der Waals surface area contributed by atoms with Crippen LogP contribution in [0.1, 0.15) is 22.8 Å². The van der Waals surface area contributed by atoms with Crippen LogP contribution >= 0.6 is 11.8 Å². The third-order valence-electron chi connectivity index (χ3n) is 4.57. The number of fused-ring (bicyclic) bond motifs is 2. The second-order valence-corrected chi connectivity index (χ2v) is 7.62. The highest BCUT2D eigenvalue weighted by molar-refractivity contribution is 8.00. The van der Waals surface area contributed by atoms with Crippen molar-refractivity contribution in [1.29, 1.82) is 0 Å². The molecular formula is C18H15N3O4S. The van der Waals surface area contributed by atoms with Crippen molar-refractivity contribution in [2.75, 3.05) is 16.8 Å². The van der Waals surface area contributed by atoms with E-state index in [1.807, 2.05) is 13.0 Å². The predicted octanol–water partition coefficient (Wildman–Crippen LogP) is 3.23. The van der Waals surface area contributed by atoms with Gasteiger partial charge in [-0.25, -0.2) is 0 Å². The summed E-state index contributed by atoms with van der Waals surface area (Å²) in [5.74, 6) is -0.260. The van der Waals surface area contributed by atoms with Crippen molar-refractivity contribution in [2.45, 2.75) is 23.5 Å². The van der Waals surface area contributed by atoms with E-state index in [-0.39, 0.29) is 22.8 Å². The molecule has 0 aliphatic carbocycles. The van der Waals surface area contributed by atoms with Crippen LogP contribution in [0.25, 0.3) is 0 Å². The maximum atomic E-state index is 12.9. The van der Waals surface area contributed by atoms with Gasteiger partial charge in [0.2, 0.25) is 5.91 Å². The first kappa shape index (κ1) is 16.6. The summed E-state index contributed by atoms with van der Waals surface area (Å²) in [4.78, 5) is 37.8. The van der Waals surface area contributed by atoms with E-state index >= 15 is 0 Å². The number of non-ortho nitro benzene ring substituents is 1. The molecule has 2 aromatic carbocycles. The minimum Gasteiger partial charge on any atom is -0.324 e. The van der Waals surface area contributed by atoms with Crippen molar-refractivity contribution in [1.82, 2.24) is 0 Å². The van der Waals surface area contributed by atoms with Gasteiger partial charge in [-0.3, -0.25) is 19.7 Å². The number of hydrogen-bond acceptors (Lipinski definition) is 5. The van der Waals surface area contributed by atoms with E-state index < -0.39 is 4.92 Å². The molecule has 0 saturated heterocycles. The molecule has 0 unspecified atom stereocenters. The molecule has 4 rings (SSSR count). The Labute approximate surface area is 153 Å². The normalized spacial score (nSPS) is 18.1. The maximum Gasteiger partial charge on any atom is 0.269 e. The molecule has 0 bridgehead atoms. The predicted molar refractivity (Wildman–Crippen MR) is 98.9 cm³/mol. The number of benzene rings is 2. The number of nitro groups is 1. The SMILES string of the molecule is C[C@H]1Sc2ccc(C(=O)N3CCc4cc([N+](=O)[O-])ccc43)cc2NC1=O. The number of nitrogens with one attached hydrogen (secondary N) is 1. The molecule has 1 atom stereocenters. The molecule has 0 aromatic heterocycles. The van der Waals surface area contributed by atoms with Gasteiger partial charge < -0.3 is 10.2 Å². The van der Waals surface area contributed by atoms with Gasteiger partial charge in [0.1, 0.15) is 0 Å². The zero-order chi connectivity index (χ0) is 18.4. The highest BCUT2D eigenvalue weighted by Gasteiger charge is 2.29. The Morgan fingerprint density at radius 1 is 1.31 bits per heavy atom. The molecule has 2 aliphatic heterocycles. The van der Waals surface area contributed by atoms with Crippen LogP contribution in [0.4, 0.5) is 17.1 Å². The first-order valence-corrected chi connectivity index (χ1v) is 9.03. The Morgan fingerprint density at radius 3 is 2.88 bits per heavy atom. The summed E-state index contributed by atoms with van der Waals surface area (Å²) in [6.45, 7) is 2.31. The van der Waals surface area contributed by atoms with Crippen molar-refractivity contribution in [3.8, 4) is 0 Å². The van der Waals surface area contributed by atoms with E-state index in [9.17, 15) is 19.7 Å². The molecule has 26 heavy (non-hydrogen) atoms. The molecule has 0 radical (unpaired) electrons. The fourth-order valence-electron chi connectivity index (χ4n) is 3.21. The average Bonchev–Trinajstić information content (AvgIpc) is 3.04. The molecular weight excluding hydrogens is 354 g/mol. The van der Waals surface area contributed by atoms with Crippen LogP contribution in [0, 0.1) is 10.1 Å². The third-order valence-corrected chi connectivity index (χ3v) is 5.75. The largest absolute Gasteiger partial charge is 0.324 e. The van der Waals surface area contributed by atoms with Gasteiger partial charge in [0, 0.05) is 34.8 Å². The zero-order valence-corrected chi connectivity index (χ0v) is 14.7. The number of carbonyl (C=O) groups is 2. The molecule has 0 saturated carbocycles. The summed E-state index contributed by atoms with van der Waals surface area (Å²) in [6, 6.07) is 9.84. The van der Waals surface area contributed by atoms with E-state index in [0.717, 1.165) is 10.5 Å². The van der Waals surface area contributed by atoms with Crippen molar-refractivity contribution >= 4 is 40.6 Å². The average molecular weight is 369 g/mol. The molecule has 2 aliphatic rings. The molecule has 2 heterocycles. The van der Waals surface area contributed by atoms with Crippen LogP contribution in [-0.2, 0) is 11.2 Å². The minimum absolute atomic E-state index is 0.0284. The van der Waals surface area contributed by atoms with Gasteiger partial charge in [0.15, 0.2) is 0 Å². The monoisotopic (exact) mass is 369 g/mol. The lowest BCUT2D eigenvalue weighted by atomic mass is 10.1. The minimum atomic E-state index is -0.435. The van der Waals surface area contributed by atoms with E-state index in [1.165, 1.54) is 23.9 Å². The Balaban J connectivity index is 1.63. The smallest absolute Gasteiger partial charge is 0.269 e. The molecule has 2 aromatic rings. The highest BCUT2D eigenvalue weighted by Crippen LogP contribution is 2.37. The lowest BCUT2D eigenvalue weighted by Gasteiger charge is -2.23. The van der Waals surface area contributed by atoms with Gasteiger partial charge in [-0.1, -0.05) is 0 Å². The summed E-state index contributed by atoms with van der Waals surface area (Å²) in [5, 5.41) is 13.6. The van der Waals surface area contributed by atoms with Gasteiger partial charge in [0.05, 0.1) is 15.9 Å². The van der Waals surface area contributed by atoms with E-state index in [1.54, 1.807) is 23.1 Å². The number of thioether (sulfide) groups is 1. The molecule has 8 heteroatoms. The molecule has 2 amide bonds. The third kappa shape index (κ3) is 2.72. The number of hydrogen-bond donors (Lipinski definition) is 1. The van der Waals surface area contributed by atoms with Crippen molar-refractivity contribution < 1.29 is 14.5 Å². The Hall–Kier alpha value is -2.87. The molecule has 7 nitrogen and oxygen atoms in total. The second-order valence-electron chi connectivity index (χ2n) is 6.24. The lowest BCUT2D eigenvalue weighted by molar-refractivity contribution is -0.384. The summed E-state index contributed by atoms with van der Waals surface area (Å²) in [5.41, 5.74) is 2.65. The van der Waals surface area contributed by atoms with E-state index in [0.29, 0.717) is 29.9 Å². The molecule has 1 N–H and O–H groups in total. The van der Waals surface area contributed by atoms with Gasteiger partial charge in [-0.15, -0.1) is 11.8 Å². The maximum absolute atomic E-state index is 12.9. The van der Waals surface area contributed by atoms with Crippen LogP contribution < -0.4 is 10.2 Å². The fraction of sp³-hybridized carbons (Fsp3) is 0.222. The van der Waals surface area contributed by atoms with Gasteiger partial charge in [0.25, 0.3) is 11.6 Å². The van der Waals surface area contributed by atoms with Crippen LogP contribution in [0.5, 0.6) is 0 Å². The van der Waals surface area contributed by atoms with E-state index in [2.05, 4.69) is 5.32 Å². The first-order chi connectivity index (χ1) is 12.4. The Kier molecular flexibility index (Phi) is 3.91. The molecule has 0 spiro atoms. The number of amides is 2. The standard InChI is InChI=1S/C18H15N3O4S/c1-10-17(22)19-14-9-12(2-5-16(14)26-10)18(23)20-7-6-11-8-13(21(24)25)3-4-15(11)20/h2-5,8-10H,6-7H2,1H3,(H,19,22)/t10-/m1/s1. The van der Waals surface area contributed by atoms with Crippen LogP contribution in [0.15, 0.2) is 41.3 Å². The van der Waals surface area contributed by atoms with Crippen molar-refractivity contribution in [3.63, 3.8) is 0 Å². The lowest BCUT2D eigenvalue weighted by Crippen LogP contribution is -2.30. The van der Waals surface area contributed by atoms with Gasteiger partial charge >= 0.3 is 0 Å². The number of carbonyl (C=O) groups excluding carboxylic acids is 2. The number of nitrogens with zero attached hydrogens (tertiary/aromatic N) is 2. The van der Waals surface area contributed by atoms with E-state index in [4.69, 9.17) is 0 Å². The fourth-order valence-corrected chi connectivity index (χ4v) is 4.14. The number of nitro benzene ring substituents is 1. The second kappa shape index (κ2) is 6.14. The molecule has 0 fully saturated rings. The summed E-state index contributed by atoms with van der Waals surface area (Å²) < 4.78 is 0. The van der Waals surface area contributed by atoms with Gasteiger partial charge in [-0.05, 0) is 43.2 Å². The summed E-state index contributed by atoms with van der Waals surface area (Å²) in [7, 11) is 0. The summed E-state index contributed by atoms with van der Waals surface area (Å²) in [6.07, 6.45) is 0.581.